The Bertz CT molecular complexity index is 3680. The number of ether oxygens (including phenoxy) is 19. The molecule has 762 valence electrons. The minimum atomic E-state index is -3.11. The number of amides is 5. The first-order chi connectivity index (χ1) is 62.3. The van der Waals surface area contributed by atoms with Crippen LogP contribution in [0.1, 0.15) is 41.0 Å². The summed E-state index contributed by atoms with van der Waals surface area (Å²) in [7, 11) is 0. The Morgan fingerprint density at radius 1 is 0.311 bits per heavy atom. The lowest BCUT2D eigenvalue weighted by Crippen LogP contribution is -2.71. The van der Waals surface area contributed by atoms with Gasteiger partial charge in [0.25, 0.3) is 5.79 Å². The molecular formula is C73H121N5O54. The van der Waals surface area contributed by atoms with Gasteiger partial charge in [-0.15, -0.1) is 0 Å². The molecule has 34 N–H and O–H groups in total. The lowest BCUT2D eigenvalue weighted by molar-refractivity contribution is -0.399. The minimum Gasteiger partial charge on any atom is -0.477 e. The van der Waals surface area contributed by atoms with Crippen molar-refractivity contribution in [2.24, 2.45) is 0 Å². The number of carbonyl (C=O) groups excluding carboxylic acids is 5. The molecule has 0 aromatic carbocycles. The van der Waals surface area contributed by atoms with Crippen LogP contribution in [0.25, 0.3) is 0 Å². The van der Waals surface area contributed by atoms with Crippen LogP contribution in [0.5, 0.6) is 0 Å². The molecule has 0 saturated carbocycles. The summed E-state index contributed by atoms with van der Waals surface area (Å²) in [6, 6.07) is -9.43. The van der Waals surface area contributed by atoms with Gasteiger partial charge in [-0.25, -0.2) is 4.79 Å². The zero-order chi connectivity index (χ0) is 97.6. The molecule has 132 heavy (non-hydrogen) atoms. The van der Waals surface area contributed by atoms with Gasteiger partial charge in [-0.3, -0.25) is 24.0 Å². The molecule has 0 aromatic heterocycles. The third-order valence-corrected chi connectivity index (χ3v) is 23.8. The molecule has 10 rings (SSSR count). The van der Waals surface area contributed by atoms with E-state index in [4.69, 9.17) is 90.0 Å². The van der Waals surface area contributed by atoms with E-state index < -0.39 is 420 Å². The van der Waals surface area contributed by atoms with Gasteiger partial charge in [0.15, 0.2) is 56.6 Å². The molecule has 59 heteroatoms. The van der Waals surface area contributed by atoms with E-state index >= 15 is 0 Å². The Kier molecular flexibility index (Phi) is 39.0. The van der Waals surface area contributed by atoms with E-state index in [0.29, 0.717) is 0 Å². The smallest absolute Gasteiger partial charge is 0.364 e. The van der Waals surface area contributed by atoms with Crippen LogP contribution in [0, 0.1) is 0 Å². The van der Waals surface area contributed by atoms with E-state index in [2.05, 4.69) is 26.6 Å². The van der Waals surface area contributed by atoms with Crippen molar-refractivity contribution in [1.82, 2.24) is 26.6 Å². The Morgan fingerprint density at radius 3 is 1.01 bits per heavy atom. The first-order valence-electron chi connectivity index (χ1n) is 41.8. The van der Waals surface area contributed by atoms with Crippen LogP contribution in [0.3, 0.4) is 0 Å². The number of nitrogens with one attached hydrogen (secondary N) is 5. The average molecular weight is 1930 g/mol. The summed E-state index contributed by atoms with van der Waals surface area (Å²) in [6.45, 7) is -7.13. The van der Waals surface area contributed by atoms with Crippen molar-refractivity contribution in [3.63, 3.8) is 0 Å². The number of hydrogen-bond acceptors (Lipinski definition) is 53. The van der Waals surface area contributed by atoms with E-state index in [9.17, 15) is 177 Å². The van der Waals surface area contributed by atoms with Gasteiger partial charge >= 0.3 is 5.97 Å². The molecule has 10 aliphatic heterocycles. The largest absolute Gasteiger partial charge is 0.477 e. The van der Waals surface area contributed by atoms with E-state index in [1.54, 1.807) is 0 Å². The predicted molar refractivity (Wildman–Crippen MR) is 405 cm³/mol. The predicted octanol–water partition coefficient (Wildman–Crippen LogP) is -22.9. The van der Waals surface area contributed by atoms with Crippen molar-refractivity contribution >= 4 is 35.5 Å². The summed E-state index contributed by atoms with van der Waals surface area (Å²) in [4.78, 5) is 76.7. The highest BCUT2D eigenvalue weighted by Crippen LogP contribution is 2.42. The fourth-order valence-corrected chi connectivity index (χ4v) is 16.9. The summed E-state index contributed by atoms with van der Waals surface area (Å²) >= 11 is 0. The average Bonchev–Trinajstić information content (AvgIpc) is 0.769. The second-order valence-corrected chi connectivity index (χ2v) is 33.2. The van der Waals surface area contributed by atoms with Crippen LogP contribution in [0.4, 0.5) is 0 Å². The molecule has 0 aromatic rings. The number of hydrogen-bond donors (Lipinski definition) is 34. The second kappa shape index (κ2) is 47.3. The lowest BCUT2D eigenvalue weighted by Gasteiger charge is -2.51. The second-order valence-electron chi connectivity index (χ2n) is 33.2. The van der Waals surface area contributed by atoms with Crippen LogP contribution < -0.4 is 26.6 Å². The molecule has 10 saturated heterocycles. The Balaban J connectivity index is 0.960. The van der Waals surface area contributed by atoms with Crippen molar-refractivity contribution < 1.29 is 267 Å². The van der Waals surface area contributed by atoms with Crippen molar-refractivity contribution in [2.75, 3.05) is 66.1 Å². The molecule has 0 spiro atoms. The summed E-state index contributed by atoms with van der Waals surface area (Å²) in [5.74, 6) is -9.84. The number of carbonyl (C=O) groups is 6. The Labute approximate surface area is 746 Å². The zero-order valence-corrected chi connectivity index (χ0v) is 70.8. The molecule has 0 radical (unpaired) electrons. The molecule has 10 fully saturated rings. The van der Waals surface area contributed by atoms with Crippen LogP contribution >= 0.6 is 0 Å². The molecule has 10 heterocycles. The van der Waals surface area contributed by atoms with Crippen LogP contribution in [0.2, 0.25) is 0 Å². The van der Waals surface area contributed by atoms with Gasteiger partial charge in [-0.2, -0.15) is 0 Å². The summed E-state index contributed by atoms with van der Waals surface area (Å²) in [6.07, 6.45) is -99.3. The fourth-order valence-electron chi connectivity index (χ4n) is 16.9. The van der Waals surface area contributed by atoms with E-state index in [1.807, 2.05) is 0 Å². The highest BCUT2D eigenvalue weighted by atomic mass is 16.8. The van der Waals surface area contributed by atoms with Crippen molar-refractivity contribution in [1.29, 1.82) is 0 Å². The number of rotatable bonds is 36. The van der Waals surface area contributed by atoms with Gasteiger partial charge in [-0.05, 0) is 0 Å². The van der Waals surface area contributed by atoms with Crippen molar-refractivity contribution in [3.8, 4) is 0 Å². The zero-order valence-electron chi connectivity index (χ0n) is 70.8. The molecule has 10 aliphatic rings. The quantitative estimate of drug-likeness (QED) is 0.0277. The highest BCUT2D eigenvalue weighted by molar-refractivity contribution is 5.77. The third kappa shape index (κ3) is 24.1. The maximum absolute atomic E-state index is 13.2. The summed E-state index contributed by atoms with van der Waals surface area (Å²) in [5.41, 5.74) is 0. The van der Waals surface area contributed by atoms with Gasteiger partial charge in [0.1, 0.15) is 238 Å². The van der Waals surface area contributed by atoms with Crippen LogP contribution in [-0.2, 0) is 119 Å². The lowest BCUT2D eigenvalue weighted by atomic mass is 9.88. The van der Waals surface area contributed by atoms with E-state index in [0.717, 1.165) is 34.6 Å². The number of aliphatic carboxylic acids is 1. The van der Waals surface area contributed by atoms with Crippen LogP contribution in [-0.4, -0.2) is 562 Å². The topological polar surface area (TPSA) is 925 Å². The standard InChI is InChI=1S/C73H121N5O54/c1-17(87)74-33-22(92)6-73(72(112)113,132-59(33)38(94)23(93)7-79)115-16-32-42(98)49(105)53(109)68(124-32)127-57-29(13-85)122-66(37(47(57)103)78-21(5)91)131-62-51(107)41(97)26(10-82)119-71(62)129-60-43(99)31(123-69(54(60)110)128-58-30(14-86)120-64(35(45(58)101)76-19(3)89)125-55-27(11-83)116-63(111)34(44(55)100)75-18(2)88)15-114-70-61(50(106)40(96)25(9-81)118-70)130-65-36(77-20(4)90)46(102)56(28(12-84)121-65)126-67-52(108)48(104)39(95)24(8-80)117-67/h22-71,79-86,92-111H,6-16H2,1-5H3,(H,74,87)(H,75,88)(H,76,89)(H,77,90)(H,78,91)(H,112,113)/t22-,23+,24+,25+,26+,27+,28+,29+,30+,31+,32+,33+,34+,35+,36+,37+,38+,39-,40+,41+,42-,43+,44+,45+,46+,47+,48-,49-,50-,51-,52+,53+,54-,55+,56+,57+,58+,59+,60-,61-,62-,63?,64-,65-,66-,67-,68-,69-,70-,71+,73+/m0/s1. The molecule has 5 amide bonds. The van der Waals surface area contributed by atoms with Gasteiger partial charge in [0.05, 0.1) is 78.2 Å². The number of aliphatic hydroxyl groups is 28. The minimum absolute atomic E-state index is 0.815. The number of carboxylic acids is 1. The maximum Gasteiger partial charge on any atom is 0.364 e. The molecule has 0 aliphatic carbocycles. The summed E-state index contributed by atoms with van der Waals surface area (Å²) < 4.78 is 113. The van der Waals surface area contributed by atoms with Crippen molar-refractivity contribution in [3.05, 3.63) is 0 Å². The van der Waals surface area contributed by atoms with E-state index in [-0.39, 0.29) is 0 Å². The van der Waals surface area contributed by atoms with Gasteiger partial charge in [-0.1, -0.05) is 0 Å². The van der Waals surface area contributed by atoms with Gasteiger partial charge < -0.3 is 265 Å². The highest BCUT2D eigenvalue weighted by Gasteiger charge is 2.63. The van der Waals surface area contributed by atoms with Crippen molar-refractivity contribution in [2.45, 2.75) is 353 Å². The number of carboxylic acid groups (broad SMARTS) is 1. The fraction of sp³-hybridized carbons (Fsp3) is 0.918. The Morgan fingerprint density at radius 2 is 0.614 bits per heavy atom. The first kappa shape index (κ1) is 109. The summed E-state index contributed by atoms with van der Waals surface area (Å²) in [5, 5.41) is 336. The first-order valence-corrected chi connectivity index (χ1v) is 41.8. The molecule has 0 bridgehead atoms. The SMILES string of the molecule is CC(=O)N[C@H]1[C@H](O[C@H]2[C@H](O)[C@@H](NC(C)=O)C(O)O[C@@H]2CO)O[C@H](CO)[C@@H](O[C@@H]2O[C@H](CO[C@H]3O[C@H](CO)[C@@H](O)[C@H](O)[C@@H]3O[C@@H]3O[C@H](CO)[C@@H](O[C@@H]4O[C@H](CO)[C@H](O)[C@H](O)[C@H]4O)[C@H](O)[C@H]3NC(C)=O)[C@@H](O)[C@H](O[C@H]3O[C@H](CO)[C@@H](O)[C@H](O)[C@@H]3O[C@@H]3O[C@H](CO)[C@@H](O[C@@H]4O[C@H](CO[C@]5(C(=O)O)C[C@H](O)[C@@H](NC(C)=O)[C@H]([C@H](O)[C@H](O)CO)O5)[C@H](O)[C@H](O)[C@H]4O)[C@H](O)[C@H]3NC(C)=O)[C@@H]2O)[C@@H]1O. The molecule has 1 unspecified atom stereocenters. The van der Waals surface area contributed by atoms with E-state index in [1.165, 1.54) is 0 Å². The third-order valence-electron chi connectivity index (χ3n) is 23.8. The van der Waals surface area contributed by atoms with Crippen LogP contribution in [0.15, 0.2) is 0 Å². The molecule has 59 nitrogen and oxygen atoms in total. The van der Waals surface area contributed by atoms with Gasteiger partial charge in [0, 0.05) is 41.0 Å². The molecular weight excluding hydrogens is 1810 g/mol. The molecule has 51 atom stereocenters. The normalized spacial score (nSPS) is 47.2. The maximum atomic E-state index is 13.2. The Hall–Kier alpha value is -5.06. The monoisotopic (exact) mass is 1930 g/mol. The number of aliphatic hydroxyl groups excluding tert-OH is 28. The van der Waals surface area contributed by atoms with Gasteiger partial charge in [0.2, 0.25) is 29.5 Å².